The lowest BCUT2D eigenvalue weighted by atomic mass is 10.2. The van der Waals surface area contributed by atoms with E-state index in [4.69, 9.17) is 4.74 Å². The first-order chi connectivity index (χ1) is 9.38. The van der Waals surface area contributed by atoms with Crippen molar-refractivity contribution in [3.63, 3.8) is 0 Å². The van der Waals surface area contributed by atoms with Gasteiger partial charge in [0.2, 0.25) is 15.9 Å². The summed E-state index contributed by atoms with van der Waals surface area (Å²) in [6, 6.07) is 7.71. The molecule has 1 atom stereocenters. The maximum Gasteiger partial charge on any atom is 0.243 e. The number of methoxy groups -OCH3 is 1. The zero-order valence-electron chi connectivity index (χ0n) is 11.9. The van der Waals surface area contributed by atoms with Crippen LogP contribution in [0.5, 0.6) is 0 Å². The molecular weight excluding hydrogens is 280 g/mol. The third kappa shape index (κ3) is 4.50. The summed E-state index contributed by atoms with van der Waals surface area (Å²) in [6.07, 6.45) is 1.08. The number of amides is 1. The highest BCUT2D eigenvalue weighted by Gasteiger charge is 2.28. The van der Waals surface area contributed by atoms with Crippen LogP contribution in [0.1, 0.15) is 6.92 Å². The van der Waals surface area contributed by atoms with Crippen LogP contribution >= 0.6 is 0 Å². The van der Waals surface area contributed by atoms with E-state index in [9.17, 15) is 13.2 Å². The van der Waals surface area contributed by atoms with E-state index in [2.05, 4.69) is 5.32 Å². The standard InChI is InChI=1S/C13H20N2O4S/c1-11(13(16)14-9-10-19-2)15(20(3,17)18)12-7-5-4-6-8-12/h4-8,11H,9-10H2,1-3H3,(H,14,16). The number of nitrogens with zero attached hydrogens (tertiary/aromatic N) is 1. The first kappa shape index (κ1) is 16.5. The van der Waals surface area contributed by atoms with Gasteiger partial charge in [0.1, 0.15) is 6.04 Å². The van der Waals surface area contributed by atoms with Crippen LogP contribution in [-0.4, -0.2) is 46.9 Å². The van der Waals surface area contributed by atoms with Gasteiger partial charge in [-0.2, -0.15) is 0 Å². The molecule has 1 amide bonds. The fourth-order valence-corrected chi connectivity index (χ4v) is 2.98. The first-order valence-electron chi connectivity index (χ1n) is 6.19. The van der Waals surface area contributed by atoms with Crippen LogP contribution < -0.4 is 9.62 Å². The average molecular weight is 300 g/mol. The van der Waals surface area contributed by atoms with Gasteiger partial charge in [0.15, 0.2) is 0 Å². The minimum Gasteiger partial charge on any atom is -0.383 e. The molecule has 0 bridgehead atoms. The molecule has 20 heavy (non-hydrogen) atoms. The lowest BCUT2D eigenvalue weighted by Crippen LogP contribution is -2.48. The van der Waals surface area contributed by atoms with Crippen LogP contribution in [0.25, 0.3) is 0 Å². The molecule has 0 saturated heterocycles. The molecular formula is C13H20N2O4S. The molecule has 1 unspecified atom stereocenters. The van der Waals surface area contributed by atoms with Gasteiger partial charge in [-0.1, -0.05) is 18.2 Å². The number of sulfonamides is 1. The van der Waals surface area contributed by atoms with Crippen molar-refractivity contribution in [3.05, 3.63) is 30.3 Å². The monoisotopic (exact) mass is 300 g/mol. The quantitative estimate of drug-likeness (QED) is 0.748. The number of hydrogen-bond donors (Lipinski definition) is 1. The van der Waals surface area contributed by atoms with Crippen molar-refractivity contribution < 1.29 is 17.9 Å². The number of carbonyl (C=O) groups is 1. The van der Waals surface area contributed by atoms with E-state index in [1.165, 1.54) is 7.11 Å². The Kier molecular flexibility index (Phi) is 5.97. The fourth-order valence-electron chi connectivity index (χ4n) is 1.81. The third-order valence-electron chi connectivity index (χ3n) is 2.70. The Balaban J connectivity index is 2.93. The van der Waals surface area contributed by atoms with E-state index in [1.54, 1.807) is 37.3 Å². The second-order valence-corrected chi connectivity index (χ2v) is 6.21. The van der Waals surface area contributed by atoms with Gasteiger partial charge in [-0.25, -0.2) is 8.42 Å². The van der Waals surface area contributed by atoms with Crippen molar-refractivity contribution in [2.45, 2.75) is 13.0 Å². The normalized spacial score (nSPS) is 12.8. The fraction of sp³-hybridized carbons (Fsp3) is 0.462. The molecule has 112 valence electrons. The number of rotatable bonds is 7. The van der Waals surface area contributed by atoms with Crippen molar-refractivity contribution in [3.8, 4) is 0 Å². The summed E-state index contributed by atoms with van der Waals surface area (Å²) >= 11 is 0. The second kappa shape index (κ2) is 7.25. The molecule has 0 aromatic heterocycles. The SMILES string of the molecule is COCCNC(=O)C(C)N(c1ccccc1)S(C)(=O)=O. The van der Waals surface area contributed by atoms with Crippen LogP contribution in [-0.2, 0) is 19.6 Å². The third-order valence-corrected chi connectivity index (χ3v) is 3.95. The van der Waals surface area contributed by atoms with Crippen molar-refractivity contribution in [1.82, 2.24) is 5.32 Å². The van der Waals surface area contributed by atoms with Crippen molar-refractivity contribution in [2.24, 2.45) is 0 Å². The van der Waals surface area contributed by atoms with E-state index in [-0.39, 0.29) is 5.91 Å². The van der Waals surface area contributed by atoms with Gasteiger partial charge in [0, 0.05) is 13.7 Å². The summed E-state index contributed by atoms with van der Waals surface area (Å²) in [7, 11) is -2.02. The maximum atomic E-state index is 12.0. The molecule has 1 aromatic carbocycles. The Labute approximate surface area is 119 Å². The number of ether oxygens (including phenoxy) is 1. The Morgan fingerprint density at radius 3 is 2.45 bits per heavy atom. The maximum absolute atomic E-state index is 12.0. The Bertz CT molecular complexity index is 531. The number of benzene rings is 1. The number of para-hydroxylation sites is 1. The first-order valence-corrected chi connectivity index (χ1v) is 8.04. The smallest absolute Gasteiger partial charge is 0.243 e. The van der Waals surface area contributed by atoms with Gasteiger partial charge in [0.25, 0.3) is 0 Å². The predicted molar refractivity (Wildman–Crippen MR) is 78.1 cm³/mol. The molecule has 1 N–H and O–H groups in total. The highest BCUT2D eigenvalue weighted by Crippen LogP contribution is 2.19. The predicted octanol–water partition coefficient (Wildman–Crippen LogP) is 0.604. The zero-order chi connectivity index (χ0) is 15.2. The van der Waals surface area contributed by atoms with E-state index >= 15 is 0 Å². The Hall–Kier alpha value is -1.60. The van der Waals surface area contributed by atoms with Gasteiger partial charge in [-0.15, -0.1) is 0 Å². The van der Waals surface area contributed by atoms with Crippen molar-refractivity contribution >= 4 is 21.6 Å². The molecule has 0 aliphatic rings. The molecule has 1 rings (SSSR count). The van der Waals surface area contributed by atoms with Gasteiger partial charge in [-0.05, 0) is 19.1 Å². The lowest BCUT2D eigenvalue weighted by Gasteiger charge is -2.28. The highest BCUT2D eigenvalue weighted by atomic mass is 32.2. The summed E-state index contributed by atoms with van der Waals surface area (Å²) < 4.78 is 29.8. The number of nitrogens with one attached hydrogen (secondary N) is 1. The van der Waals surface area contributed by atoms with Gasteiger partial charge >= 0.3 is 0 Å². The molecule has 0 radical (unpaired) electrons. The van der Waals surface area contributed by atoms with E-state index < -0.39 is 16.1 Å². The summed E-state index contributed by atoms with van der Waals surface area (Å²) in [5.41, 5.74) is 0.462. The lowest BCUT2D eigenvalue weighted by molar-refractivity contribution is -0.122. The van der Waals surface area contributed by atoms with Crippen LogP contribution in [0.4, 0.5) is 5.69 Å². The van der Waals surface area contributed by atoms with Crippen molar-refractivity contribution in [2.75, 3.05) is 30.8 Å². The molecule has 0 fully saturated rings. The van der Waals surface area contributed by atoms with Crippen LogP contribution in [0.3, 0.4) is 0 Å². The molecule has 0 aliphatic carbocycles. The largest absolute Gasteiger partial charge is 0.383 e. The van der Waals surface area contributed by atoms with Crippen molar-refractivity contribution in [1.29, 1.82) is 0 Å². The molecule has 7 heteroatoms. The summed E-state index contributed by atoms with van der Waals surface area (Å²) in [5.74, 6) is -0.365. The molecule has 0 saturated carbocycles. The molecule has 1 aromatic rings. The second-order valence-electron chi connectivity index (χ2n) is 4.35. The minimum atomic E-state index is -3.55. The van der Waals surface area contributed by atoms with Crippen LogP contribution in [0.2, 0.25) is 0 Å². The molecule has 6 nitrogen and oxygen atoms in total. The summed E-state index contributed by atoms with van der Waals surface area (Å²) in [4.78, 5) is 12.0. The topological polar surface area (TPSA) is 75.7 Å². The van der Waals surface area contributed by atoms with E-state index in [0.29, 0.717) is 18.8 Å². The zero-order valence-corrected chi connectivity index (χ0v) is 12.7. The van der Waals surface area contributed by atoms with E-state index in [1.807, 2.05) is 0 Å². The van der Waals surface area contributed by atoms with Gasteiger partial charge in [0.05, 0.1) is 18.6 Å². The minimum absolute atomic E-state index is 0.339. The number of hydrogen-bond acceptors (Lipinski definition) is 4. The number of carbonyl (C=O) groups excluding carboxylic acids is 1. The summed E-state index contributed by atoms with van der Waals surface area (Å²) in [6.45, 7) is 2.27. The average Bonchev–Trinajstić information content (AvgIpc) is 2.38. The summed E-state index contributed by atoms with van der Waals surface area (Å²) in [5, 5.41) is 2.64. The Morgan fingerprint density at radius 2 is 1.95 bits per heavy atom. The highest BCUT2D eigenvalue weighted by molar-refractivity contribution is 7.92. The molecule has 0 aliphatic heterocycles. The van der Waals surface area contributed by atoms with Gasteiger partial charge in [-0.3, -0.25) is 9.10 Å². The molecule has 0 heterocycles. The van der Waals surface area contributed by atoms with E-state index in [0.717, 1.165) is 10.6 Å². The number of anilines is 1. The molecule has 0 spiro atoms. The Morgan fingerprint density at radius 1 is 1.35 bits per heavy atom. The van der Waals surface area contributed by atoms with Crippen LogP contribution in [0.15, 0.2) is 30.3 Å². The van der Waals surface area contributed by atoms with Gasteiger partial charge < -0.3 is 10.1 Å². The van der Waals surface area contributed by atoms with Crippen LogP contribution in [0, 0.1) is 0 Å².